The van der Waals surface area contributed by atoms with Crippen LogP contribution in [0.4, 0.5) is 5.13 Å². The average Bonchev–Trinajstić information content (AvgIpc) is 3.83. The molecule has 0 aliphatic carbocycles. The molecule has 0 fully saturated rings. The summed E-state index contributed by atoms with van der Waals surface area (Å²) in [6.45, 7) is 10.1. The van der Waals surface area contributed by atoms with Crippen LogP contribution < -0.4 is 24.4 Å². The molecule has 1 atom stereocenters. The van der Waals surface area contributed by atoms with Gasteiger partial charge in [0, 0.05) is 30.2 Å². The number of fused-ring (bicyclic) bond motifs is 1. The number of esters is 6. The number of carbonyl (C=O) groups is 6. The number of thiazole rings is 1. The van der Waals surface area contributed by atoms with Crippen LogP contribution in [-0.4, -0.2) is 86.5 Å². The Balaban J connectivity index is 1.03. The van der Waals surface area contributed by atoms with Crippen molar-refractivity contribution in [1.82, 2.24) is 4.98 Å². The number of hydrogen-bond donors (Lipinski definition) is 1. The summed E-state index contributed by atoms with van der Waals surface area (Å²) in [5.74, 6) is -2.62. The molecule has 0 aliphatic heterocycles. The van der Waals surface area contributed by atoms with Gasteiger partial charge in [0.05, 0.1) is 52.9 Å². The number of unbranched alkanes of at least 4 members (excludes halogenated alkanes) is 2. The molecule has 1 N–H and O–H groups in total. The van der Waals surface area contributed by atoms with Crippen LogP contribution in [0.2, 0.25) is 0 Å². The van der Waals surface area contributed by atoms with E-state index in [-0.39, 0.29) is 61.4 Å². The molecule has 0 spiro atoms. The minimum atomic E-state index is -1.04. The lowest BCUT2D eigenvalue weighted by Gasteiger charge is -2.18. The lowest BCUT2D eigenvalue weighted by Crippen LogP contribution is -2.28. The monoisotopic (exact) mass is 1010 g/mol. The highest BCUT2D eigenvalue weighted by Gasteiger charge is 2.17. The number of carbonyl (C=O) groups excluding carboxylic acids is 6. The number of hydrazone groups is 1. The molecule has 19 heteroatoms. The Morgan fingerprint density at radius 3 is 1.92 bits per heavy atom. The van der Waals surface area contributed by atoms with E-state index in [0.717, 1.165) is 34.0 Å². The summed E-state index contributed by atoms with van der Waals surface area (Å²) in [5, 5.41) is 4.92. The number of nitrogens with zero attached hydrogens (tertiary/aromatic N) is 2. The van der Waals surface area contributed by atoms with E-state index in [9.17, 15) is 28.8 Å². The Morgan fingerprint density at radius 2 is 1.23 bits per heavy atom. The zero-order valence-corrected chi connectivity index (χ0v) is 40.1. The van der Waals surface area contributed by atoms with Crippen LogP contribution >= 0.6 is 11.3 Å². The van der Waals surface area contributed by atoms with Crippen molar-refractivity contribution in [2.24, 2.45) is 5.10 Å². The van der Waals surface area contributed by atoms with Crippen molar-refractivity contribution < 1.29 is 71.4 Å². The molecule has 6 aromatic rings. The minimum absolute atomic E-state index is 0.000217. The van der Waals surface area contributed by atoms with Gasteiger partial charge < -0.3 is 42.6 Å². The molecule has 18 nitrogen and oxygen atoms in total. The van der Waals surface area contributed by atoms with Crippen LogP contribution in [0.15, 0.2) is 158 Å². The molecular formula is C54H49N3O15S. The fourth-order valence-electron chi connectivity index (χ4n) is 6.23. The summed E-state index contributed by atoms with van der Waals surface area (Å²) in [7, 11) is 0. The lowest BCUT2D eigenvalue weighted by molar-refractivity contribution is -0.179. The highest BCUT2D eigenvalue weighted by Crippen LogP contribution is 2.26. The molecule has 0 saturated carbocycles. The van der Waals surface area contributed by atoms with E-state index in [1.54, 1.807) is 30.3 Å². The summed E-state index contributed by atoms with van der Waals surface area (Å²) >= 11 is 1.42. The third-order valence-electron chi connectivity index (χ3n) is 9.94. The van der Waals surface area contributed by atoms with Crippen molar-refractivity contribution in [3.63, 3.8) is 0 Å². The van der Waals surface area contributed by atoms with Crippen LogP contribution in [0, 0.1) is 0 Å². The van der Waals surface area contributed by atoms with Gasteiger partial charge in [0.1, 0.15) is 23.0 Å². The number of aromatic nitrogens is 1. The van der Waals surface area contributed by atoms with Crippen LogP contribution in [-0.2, 0) is 44.5 Å². The number of hydrogen-bond acceptors (Lipinski definition) is 19. The maximum Gasteiger partial charge on any atom is 0.343 e. The SMILES string of the molecule is C=CC(=O)OCCCCCOC(COc1ccc(C(=O)Oc2ccc(CCOC(=O)c3ccc(OC(=O)c4ccc(OCOC(=O)C=C)cc4)cc3)cc2/C=N/Nc2nc3ccccc3s2)cc1)OC(=O)C=C. The normalized spacial score (nSPS) is 11.1. The number of nitrogens with one attached hydrogen (secondary N) is 1. The molecule has 5 aromatic carbocycles. The molecule has 0 amide bonds. The highest BCUT2D eigenvalue weighted by atomic mass is 32.1. The van der Waals surface area contributed by atoms with E-state index in [1.807, 2.05) is 24.3 Å². The number of benzene rings is 5. The molecule has 0 saturated heterocycles. The summed E-state index contributed by atoms with van der Waals surface area (Å²) < 4.78 is 49.6. The third-order valence-corrected chi connectivity index (χ3v) is 10.9. The predicted octanol–water partition coefficient (Wildman–Crippen LogP) is 9.00. The first-order chi connectivity index (χ1) is 35.5. The molecule has 73 heavy (non-hydrogen) atoms. The standard InChI is InChI=1S/C54H49N3O15S/c1-4-47(58)64-29-10-7-11-30-65-50(72-49(60)6-3)34-67-41-21-15-39(16-22-41)53(63)71-45-27-14-36(32-40(45)33-55-57-54-56-44-12-8-9-13-46(44)73-54)28-31-66-51(61)37-19-25-43(26-20-37)70-52(62)38-17-23-42(24-18-38)68-35-69-48(59)5-2/h4-6,8-9,12-27,32-33,50H,1-3,7,10-11,28-31,34-35H2,(H,56,57)/b55-33+. The first-order valence-electron chi connectivity index (χ1n) is 22.5. The lowest BCUT2D eigenvalue weighted by atomic mass is 10.1. The zero-order chi connectivity index (χ0) is 51.8. The second kappa shape index (κ2) is 28.0. The largest absolute Gasteiger partial charge is 0.487 e. The fourth-order valence-corrected chi connectivity index (χ4v) is 7.04. The molecule has 0 aliphatic rings. The first-order valence-corrected chi connectivity index (χ1v) is 23.3. The quantitative estimate of drug-likeness (QED) is 0.00707. The molecule has 1 heterocycles. The van der Waals surface area contributed by atoms with Gasteiger partial charge in [-0.2, -0.15) is 5.10 Å². The van der Waals surface area contributed by atoms with E-state index >= 15 is 0 Å². The Hall–Kier alpha value is -8.94. The van der Waals surface area contributed by atoms with Crippen LogP contribution in [0.3, 0.4) is 0 Å². The topological polar surface area (TPSA) is 223 Å². The summed E-state index contributed by atoms with van der Waals surface area (Å²) in [4.78, 5) is 78.0. The van der Waals surface area contributed by atoms with Crippen molar-refractivity contribution in [1.29, 1.82) is 0 Å². The average molecular weight is 1010 g/mol. The van der Waals surface area contributed by atoms with E-state index < -0.39 is 42.1 Å². The van der Waals surface area contributed by atoms with Gasteiger partial charge in [-0.05, 0) is 122 Å². The Labute approximate surface area is 423 Å². The summed E-state index contributed by atoms with van der Waals surface area (Å²) in [6.07, 6.45) is 5.78. The van der Waals surface area contributed by atoms with E-state index in [0.29, 0.717) is 47.9 Å². The second-order valence-electron chi connectivity index (χ2n) is 15.1. The van der Waals surface area contributed by atoms with Crippen LogP contribution in [0.25, 0.3) is 10.2 Å². The van der Waals surface area contributed by atoms with Crippen molar-refractivity contribution in [3.05, 3.63) is 181 Å². The number of ether oxygens (including phenoxy) is 9. The second-order valence-corrected chi connectivity index (χ2v) is 16.1. The Morgan fingerprint density at radius 1 is 0.616 bits per heavy atom. The van der Waals surface area contributed by atoms with Gasteiger partial charge in [0.15, 0.2) is 6.61 Å². The first kappa shape index (κ1) is 53.4. The van der Waals surface area contributed by atoms with Gasteiger partial charge in [-0.15, -0.1) is 0 Å². The maximum absolute atomic E-state index is 13.5. The van der Waals surface area contributed by atoms with Gasteiger partial charge in [-0.1, -0.05) is 49.3 Å². The number of anilines is 1. The molecular weight excluding hydrogens is 963 g/mol. The smallest absolute Gasteiger partial charge is 0.343 e. The van der Waals surface area contributed by atoms with E-state index in [2.05, 4.69) is 35.2 Å². The van der Waals surface area contributed by atoms with Gasteiger partial charge >= 0.3 is 35.8 Å². The van der Waals surface area contributed by atoms with E-state index in [1.165, 1.54) is 78.2 Å². The highest BCUT2D eigenvalue weighted by molar-refractivity contribution is 7.22. The Kier molecular flexibility index (Phi) is 20.5. The fraction of sp³-hybridized carbons (Fsp3) is 0.185. The third kappa shape index (κ3) is 17.5. The van der Waals surface area contributed by atoms with Crippen molar-refractivity contribution >= 4 is 68.7 Å². The predicted molar refractivity (Wildman–Crippen MR) is 269 cm³/mol. The van der Waals surface area contributed by atoms with Crippen molar-refractivity contribution in [2.45, 2.75) is 32.0 Å². The molecule has 0 radical (unpaired) electrons. The van der Waals surface area contributed by atoms with Crippen molar-refractivity contribution in [2.75, 3.05) is 38.6 Å². The molecule has 1 aromatic heterocycles. The number of rotatable bonds is 28. The Bertz CT molecular complexity index is 2880. The van der Waals surface area contributed by atoms with Gasteiger partial charge in [-0.25, -0.2) is 33.8 Å². The van der Waals surface area contributed by atoms with E-state index in [4.69, 9.17) is 42.6 Å². The van der Waals surface area contributed by atoms with Crippen molar-refractivity contribution in [3.8, 4) is 23.0 Å². The molecule has 376 valence electrons. The van der Waals surface area contributed by atoms with Gasteiger partial charge in [0.25, 0.3) is 0 Å². The molecule has 0 bridgehead atoms. The van der Waals surface area contributed by atoms with Crippen LogP contribution in [0.1, 0.15) is 61.5 Å². The summed E-state index contributed by atoms with van der Waals surface area (Å²) in [5.41, 5.74) is 5.59. The molecule has 6 rings (SSSR count). The van der Waals surface area contributed by atoms with Gasteiger partial charge in [0.2, 0.25) is 18.2 Å². The number of para-hydroxylation sites is 1. The molecule has 1 unspecified atom stereocenters. The zero-order valence-electron chi connectivity index (χ0n) is 39.3. The van der Waals surface area contributed by atoms with Crippen LogP contribution in [0.5, 0.6) is 23.0 Å². The van der Waals surface area contributed by atoms with Gasteiger partial charge in [-0.3, -0.25) is 5.43 Å². The maximum atomic E-state index is 13.5. The minimum Gasteiger partial charge on any atom is -0.487 e. The summed E-state index contributed by atoms with van der Waals surface area (Å²) in [6, 6.07) is 30.8.